The first-order valence-corrected chi connectivity index (χ1v) is 6.19. The van der Waals surface area contributed by atoms with Gasteiger partial charge in [0.05, 0.1) is 6.10 Å². The van der Waals surface area contributed by atoms with Crippen LogP contribution < -0.4 is 5.32 Å². The number of aliphatic hydroxyl groups excluding tert-OH is 1. The first kappa shape index (κ1) is 10.4. The fourth-order valence-corrected chi connectivity index (χ4v) is 2.52. The van der Waals surface area contributed by atoms with Gasteiger partial charge < -0.3 is 10.4 Å². The van der Waals surface area contributed by atoms with Crippen molar-refractivity contribution in [3.63, 3.8) is 0 Å². The van der Waals surface area contributed by atoms with Crippen molar-refractivity contribution < 1.29 is 5.11 Å². The molecule has 0 aromatic carbocycles. The van der Waals surface area contributed by atoms with Crippen molar-refractivity contribution in [2.45, 2.75) is 57.6 Å². The summed E-state index contributed by atoms with van der Waals surface area (Å²) in [5.74, 6) is 1.78. The number of rotatable bonds is 4. The van der Waals surface area contributed by atoms with E-state index in [0.29, 0.717) is 6.04 Å². The smallest absolute Gasteiger partial charge is 0.0693 e. The van der Waals surface area contributed by atoms with Crippen LogP contribution in [0.25, 0.3) is 0 Å². The standard InChI is InChI=1S/C12H23NO/c1-9(10-6-7-10)8-13-11-4-2-3-5-12(11)14/h9-14H,2-8H2,1H3/t9?,11-,12-/m1/s1. The maximum atomic E-state index is 9.77. The van der Waals surface area contributed by atoms with Crippen LogP contribution in [0, 0.1) is 11.8 Å². The molecule has 0 amide bonds. The number of nitrogens with one attached hydrogen (secondary N) is 1. The predicted molar refractivity (Wildman–Crippen MR) is 58.2 cm³/mol. The topological polar surface area (TPSA) is 32.3 Å². The Morgan fingerprint density at radius 1 is 1.21 bits per heavy atom. The van der Waals surface area contributed by atoms with E-state index in [4.69, 9.17) is 0 Å². The van der Waals surface area contributed by atoms with E-state index in [1.807, 2.05) is 0 Å². The van der Waals surface area contributed by atoms with Gasteiger partial charge in [0.2, 0.25) is 0 Å². The number of hydrogen-bond acceptors (Lipinski definition) is 2. The number of aliphatic hydroxyl groups is 1. The molecule has 2 fully saturated rings. The fourth-order valence-electron chi connectivity index (χ4n) is 2.52. The molecule has 0 aromatic heterocycles. The molecule has 2 aliphatic carbocycles. The molecular formula is C12H23NO. The van der Waals surface area contributed by atoms with Gasteiger partial charge in [-0.15, -0.1) is 0 Å². The normalized spacial score (nSPS) is 35.6. The van der Waals surface area contributed by atoms with E-state index in [1.165, 1.54) is 32.1 Å². The van der Waals surface area contributed by atoms with Crippen LogP contribution in [0.15, 0.2) is 0 Å². The molecule has 0 bridgehead atoms. The Balaban J connectivity index is 1.67. The Hall–Kier alpha value is -0.0800. The monoisotopic (exact) mass is 197 g/mol. The van der Waals surface area contributed by atoms with Gasteiger partial charge in [-0.3, -0.25) is 0 Å². The van der Waals surface area contributed by atoms with Crippen LogP contribution in [0.4, 0.5) is 0 Å². The van der Waals surface area contributed by atoms with Gasteiger partial charge in [-0.2, -0.15) is 0 Å². The van der Waals surface area contributed by atoms with Crippen molar-refractivity contribution in [3.8, 4) is 0 Å². The fraction of sp³-hybridized carbons (Fsp3) is 1.00. The van der Waals surface area contributed by atoms with E-state index in [2.05, 4.69) is 12.2 Å². The van der Waals surface area contributed by atoms with Crippen LogP contribution in [0.1, 0.15) is 45.4 Å². The molecule has 0 saturated heterocycles. The maximum Gasteiger partial charge on any atom is 0.0693 e. The zero-order valence-corrected chi connectivity index (χ0v) is 9.21. The van der Waals surface area contributed by atoms with Gasteiger partial charge in [-0.25, -0.2) is 0 Å². The lowest BCUT2D eigenvalue weighted by molar-refractivity contribution is 0.0887. The van der Waals surface area contributed by atoms with E-state index < -0.39 is 0 Å². The summed E-state index contributed by atoms with van der Waals surface area (Å²) in [6.07, 6.45) is 7.42. The molecule has 0 radical (unpaired) electrons. The van der Waals surface area contributed by atoms with Crippen molar-refractivity contribution in [1.82, 2.24) is 5.32 Å². The predicted octanol–water partition coefficient (Wildman–Crippen LogP) is 1.93. The minimum absolute atomic E-state index is 0.0878. The van der Waals surface area contributed by atoms with Crippen molar-refractivity contribution >= 4 is 0 Å². The largest absolute Gasteiger partial charge is 0.392 e. The third kappa shape index (κ3) is 2.71. The van der Waals surface area contributed by atoms with Gasteiger partial charge in [0, 0.05) is 6.04 Å². The van der Waals surface area contributed by atoms with Crippen LogP contribution in [-0.4, -0.2) is 23.8 Å². The van der Waals surface area contributed by atoms with Crippen molar-refractivity contribution in [2.24, 2.45) is 11.8 Å². The second kappa shape index (κ2) is 4.63. The van der Waals surface area contributed by atoms with E-state index >= 15 is 0 Å². The van der Waals surface area contributed by atoms with Crippen LogP contribution in [0.3, 0.4) is 0 Å². The molecule has 2 rings (SSSR count). The molecule has 0 aromatic rings. The Morgan fingerprint density at radius 3 is 2.57 bits per heavy atom. The molecule has 3 atom stereocenters. The zero-order chi connectivity index (χ0) is 9.97. The summed E-state index contributed by atoms with van der Waals surface area (Å²) in [4.78, 5) is 0. The summed E-state index contributed by atoms with van der Waals surface area (Å²) < 4.78 is 0. The molecule has 14 heavy (non-hydrogen) atoms. The molecule has 0 aliphatic heterocycles. The summed E-state index contributed by atoms with van der Waals surface area (Å²) in [7, 11) is 0. The highest BCUT2D eigenvalue weighted by atomic mass is 16.3. The second-order valence-electron chi connectivity index (χ2n) is 5.18. The Labute approximate surface area is 87.1 Å². The lowest BCUT2D eigenvalue weighted by atomic mass is 9.92. The van der Waals surface area contributed by atoms with E-state index in [1.54, 1.807) is 0 Å². The Bertz CT molecular complexity index is 179. The van der Waals surface area contributed by atoms with E-state index in [-0.39, 0.29) is 6.10 Å². The van der Waals surface area contributed by atoms with Crippen molar-refractivity contribution in [1.29, 1.82) is 0 Å². The minimum atomic E-state index is -0.0878. The second-order valence-corrected chi connectivity index (χ2v) is 5.18. The molecule has 82 valence electrons. The first-order valence-electron chi connectivity index (χ1n) is 6.19. The highest BCUT2D eigenvalue weighted by Gasteiger charge is 2.29. The number of hydrogen-bond donors (Lipinski definition) is 2. The molecule has 2 nitrogen and oxygen atoms in total. The van der Waals surface area contributed by atoms with Gasteiger partial charge in [0.25, 0.3) is 0 Å². The third-order valence-corrected chi connectivity index (χ3v) is 3.86. The summed E-state index contributed by atoms with van der Waals surface area (Å²) in [5.41, 5.74) is 0. The molecule has 2 saturated carbocycles. The summed E-state index contributed by atoms with van der Waals surface area (Å²) in [6, 6.07) is 0.380. The summed E-state index contributed by atoms with van der Waals surface area (Å²) in [5, 5.41) is 13.3. The van der Waals surface area contributed by atoms with Gasteiger partial charge >= 0.3 is 0 Å². The van der Waals surface area contributed by atoms with E-state index in [9.17, 15) is 5.11 Å². The zero-order valence-electron chi connectivity index (χ0n) is 9.21. The Morgan fingerprint density at radius 2 is 1.93 bits per heavy atom. The summed E-state index contributed by atoms with van der Waals surface area (Å²) in [6.45, 7) is 3.44. The molecule has 2 aliphatic rings. The average Bonchev–Trinajstić information content (AvgIpc) is 2.99. The van der Waals surface area contributed by atoms with Crippen molar-refractivity contribution in [3.05, 3.63) is 0 Å². The third-order valence-electron chi connectivity index (χ3n) is 3.86. The van der Waals surface area contributed by atoms with Gasteiger partial charge in [-0.05, 0) is 44.1 Å². The maximum absolute atomic E-state index is 9.77. The van der Waals surface area contributed by atoms with Crippen molar-refractivity contribution in [2.75, 3.05) is 6.54 Å². The van der Waals surface area contributed by atoms with Crippen LogP contribution in [0.2, 0.25) is 0 Å². The van der Waals surface area contributed by atoms with E-state index in [0.717, 1.165) is 24.8 Å². The quantitative estimate of drug-likeness (QED) is 0.721. The Kier molecular flexibility index (Phi) is 3.45. The molecule has 1 unspecified atom stereocenters. The first-order chi connectivity index (χ1) is 6.77. The summed E-state index contributed by atoms with van der Waals surface area (Å²) >= 11 is 0. The minimum Gasteiger partial charge on any atom is -0.392 e. The molecule has 0 spiro atoms. The highest BCUT2D eigenvalue weighted by molar-refractivity contribution is 4.84. The van der Waals surface area contributed by atoms with Gasteiger partial charge in [0.15, 0.2) is 0 Å². The SMILES string of the molecule is CC(CN[C@@H]1CCCC[C@H]1O)C1CC1. The lowest BCUT2D eigenvalue weighted by Gasteiger charge is -2.29. The van der Waals surface area contributed by atoms with Gasteiger partial charge in [0.1, 0.15) is 0 Å². The van der Waals surface area contributed by atoms with Crippen LogP contribution >= 0.6 is 0 Å². The van der Waals surface area contributed by atoms with Crippen LogP contribution in [-0.2, 0) is 0 Å². The lowest BCUT2D eigenvalue weighted by Crippen LogP contribution is -2.43. The van der Waals surface area contributed by atoms with Crippen LogP contribution in [0.5, 0.6) is 0 Å². The van der Waals surface area contributed by atoms with Gasteiger partial charge in [-0.1, -0.05) is 19.8 Å². The average molecular weight is 197 g/mol. The molecule has 0 heterocycles. The molecule has 2 N–H and O–H groups in total. The molecular weight excluding hydrogens is 174 g/mol. The highest BCUT2D eigenvalue weighted by Crippen LogP contribution is 2.36. The molecule has 2 heteroatoms.